The Morgan fingerprint density at radius 3 is 2.19 bits per heavy atom. The van der Waals surface area contributed by atoms with Gasteiger partial charge in [-0.1, -0.05) is 12.1 Å². The van der Waals surface area contributed by atoms with E-state index in [0.717, 1.165) is 11.5 Å². The van der Waals surface area contributed by atoms with Gasteiger partial charge in [0.05, 0.1) is 0 Å². The Morgan fingerprint density at radius 1 is 1.19 bits per heavy atom. The quantitative estimate of drug-likeness (QED) is 0.316. The summed E-state index contributed by atoms with van der Waals surface area (Å²) in [6.45, 7) is 2.18. The molecule has 0 saturated carbocycles. The van der Waals surface area contributed by atoms with Gasteiger partial charge in [-0.2, -0.15) is 8.42 Å². The number of benzene rings is 1. The fourth-order valence-corrected chi connectivity index (χ4v) is 0.914. The van der Waals surface area contributed by atoms with Gasteiger partial charge in [-0.3, -0.25) is 9.11 Å². The number of ether oxygens (including phenoxy) is 2. The van der Waals surface area contributed by atoms with Gasteiger partial charge in [0.15, 0.2) is 5.75 Å². The average molecular weight is 256 g/mol. The van der Waals surface area contributed by atoms with E-state index in [1.54, 1.807) is 6.61 Å². The third kappa shape index (κ3) is 7.04. The van der Waals surface area contributed by atoms with Gasteiger partial charge < -0.3 is 9.47 Å². The normalized spacial score (nSPS) is 12.9. The van der Waals surface area contributed by atoms with Crippen LogP contribution in [-0.4, -0.2) is 24.1 Å². The van der Waals surface area contributed by atoms with Crippen LogP contribution in [0, 0.1) is 6.61 Å². The van der Waals surface area contributed by atoms with Crippen molar-refractivity contribution < 1.29 is 56.6 Å². The van der Waals surface area contributed by atoms with Crippen LogP contribution in [-0.2, 0) is 10.4 Å². The summed E-state index contributed by atoms with van der Waals surface area (Å²) in [5.74, 6) is 1.62. The van der Waals surface area contributed by atoms with E-state index in [9.17, 15) is 0 Å². The van der Waals surface area contributed by atoms with Crippen molar-refractivity contribution in [3.63, 3.8) is 0 Å². The molecule has 0 fully saturated rings. The smallest absolute Gasteiger partial charge is 0.657 e. The van der Waals surface area contributed by atoms with Gasteiger partial charge in [-0.15, -0.1) is 6.61 Å². The fourth-order valence-electron chi connectivity index (χ4n) is 0.914. The first-order valence-corrected chi connectivity index (χ1v) is 5.26. The van der Waals surface area contributed by atoms with Gasteiger partial charge in [0.25, 0.3) is 0 Å². The summed E-state index contributed by atoms with van der Waals surface area (Å²) in [5, 5.41) is 0. The van der Waals surface area contributed by atoms with Gasteiger partial charge >= 0.3 is 40.0 Å². The monoisotopic (exact) mass is 256 g/mol. The molecular formula is C8H9NaO6S. The zero-order valence-electron chi connectivity index (χ0n) is 8.53. The van der Waals surface area contributed by atoms with Crippen LogP contribution in [0.4, 0.5) is 0 Å². The first-order chi connectivity index (χ1) is 6.97. The maximum atomic E-state index is 8.74. The molecule has 0 unspecified atom stereocenters. The summed E-state index contributed by atoms with van der Waals surface area (Å²) >= 11 is 0. The molecule has 0 aromatic heterocycles. The van der Waals surface area contributed by atoms with Crippen molar-refractivity contribution in [2.75, 3.05) is 6.61 Å². The van der Waals surface area contributed by atoms with E-state index < -0.39 is 10.4 Å². The second-order valence-electron chi connectivity index (χ2n) is 2.49. The summed E-state index contributed by atoms with van der Waals surface area (Å²) in [6.07, 6.45) is 0. The molecule has 6 nitrogen and oxygen atoms in total. The summed E-state index contributed by atoms with van der Waals surface area (Å²) in [6, 6.07) is 7.61. The van der Waals surface area contributed by atoms with Crippen LogP contribution < -0.4 is 39.0 Å². The molecule has 0 amide bonds. The summed E-state index contributed by atoms with van der Waals surface area (Å²) in [4.78, 5) is 0. The molecule has 1 aromatic carbocycles. The number of para-hydroxylation sites is 2. The van der Waals surface area contributed by atoms with Gasteiger partial charge in [-0.05, 0) is 18.7 Å². The number of fused-ring (bicyclic) bond motifs is 1. The minimum atomic E-state index is -4.67. The summed E-state index contributed by atoms with van der Waals surface area (Å²) < 4.78 is 42.0. The molecule has 2 N–H and O–H groups in total. The van der Waals surface area contributed by atoms with E-state index in [1.165, 1.54) is 0 Å². The van der Waals surface area contributed by atoms with Crippen molar-refractivity contribution >= 4 is 10.4 Å². The van der Waals surface area contributed by atoms with E-state index in [1.807, 2.05) is 24.3 Å². The molecule has 1 aliphatic heterocycles. The second kappa shape index (κ2) is 7.10. The Kier molecular flexibility index (Phi) is 6.96. The van der Waals surface area contributed by atoms with Crippen molar-refractivity contribution in [1.82, 2.24) is 0 Å². The van der Waals surface area contributed by atoms with Crippen LogP contribution in [0.15, 0.2) is 24.3 Å². The minimum Gasteiger partial charge on any atom is -0.657 e. The van der Waals surface area contributed by atoms with Crippen LogP contribution in [0.25, 0.3) is 0 Å². The zero-order valence-corrected chi connectivity index (χ0v) is 11.3. The van der Waals surface area contributed by atoms with Crippen LogP contribution in [0.3, 0.4) is 0 Å². The first kappa shape index (κ1) is 15.7. The number of hydrogen-bond donors (Lipinski definition) is 2. The third-order valence-electron chi connectivity index (χ3n) is 1.37. The van der Waals surface area contributed by atoms with Crippen molar-refractivity contribution in [3.05, 3.63) is 30.9 Å². The minimum absolute atomic E-state index is 0. The first-order valence-electron chi connectivity index (χ1n) is 3.87. The van der Waals surface area contributed by atoms with Crippen molar-refractivity contribution in [2.45, 2.75) is 0 Å². The topological polar surface area (TPSA) is 93.1 Å². The van der Waals surface area contributed by atoms with E-state index in [2.05, 4.69) is 0 Å². The van der Waals surface area contributed by atoms with Crippen molar-refractivity contribution in [2.24, 2.45) is 0 Å². The average Bonchev–Trinajstić information content (AvgIpc) is 2.16. The van der Waals surface area contributed by atoms with Gasteiger partial charge in [0, 0.05) is 0 Å². The van der Waals surface area contributed by atoms with Crippen LogP contribution in [0.5, 0.6) is 11.5 Å². The standard InChI is InChI=1S/C8H7O2.Na.H2O4S/c1-2-4-8-7(3-1)9-5-6-10-8;;1-5(2,3)4/h1-5H,6H2;;(H2,1,2,3,4)/q-1;+1;. The fraction of sp³-hybridized carbons (Fsp3) is 0.125. The third-order valence-corrected chi connectivity index (χ3v) is 1.37. The molecule has 0 bridgehead atoms. The SMILES string of the molecule is O=S(=O)(O)O.[Na+].c1ccc2c(c1)O[CH-]CO2. The molecule has 84 valence electrons. The van der Waals surface area contributed by atoms with Gasteiger partial charge in [0.2, 0.25) is 0 Å². The van der Waals surface area contributed by atoms with Crippen LogP contribution in [0.2, 0.25) is 0 Å². The van der Waals surface area contributed by atoms with E-state index >= 15 is 0 Å². The maximum Gasteiger partial charge on any atom is 1.00 e. The Bertz CT molecular complexity index is 385. The van der Waals surface area contributed by atoms with Crippen molar-refractivity contribution in [1.29, 1.82) is 0 Å². The molecule has 8 heteroatoms. The Hall–Kier alpha value is -0.310. The Labute approximate surface area is 115 Å². The van der Waals surface area contributed by atoms with Crippen molar-refractivity contribution in [3.8, 4) is 11.5 Å². The van der Waals surface area contributed by atoms with Crippen LogP contribution in [0.1, 0.15) is 0 Å². The second-order valence-corrected chi connectivity index (χ2v) is 3.39. The molecule has 0 saturated heterocycles. The van der Waals surface area contributed by atoms with E-state index in [0.29, 0.717) is 6.61 Å². The van der Waals surface area contributed by atoms with Gasteiger partial charge in [-0.25, -0.2) is 0 Å². The van der Waals surface area contributed by atoms with E-state index in [-0.39, 0.29) is 29.6 Å². The van der Waals surface area contributed by atoms with Crippen LogP contribution >= 0.6 is 0 Å². The van der Waals surface area contributed by atoms with E-state index in [4.69, 9.17) is 27.0 Å². The largest absolute Gasteiger partial charge is 1.00 e. The Morgan fingerprint density at radius 2 is 1.69 bits per heavy atom. The number of hydrogen-bond acceptors (Lipinski definition) is 4. The molecular weight excluding hydrogens is 247 g/mol. The molecule has 2 rings (SSSR count). The molecule has 1 heterocycles. The molecule has 0 spiro atoms. The summed E-state index contributed by atoms with van der Waals surface area (Å²) in [5.41, 5.74) is 0. The molecule has 16 heavy (non-hydrogen) atoms. The summed E-state index contributed by atoms with van der Waals surface area (Å²) in [7, 11) is -4.67. The molecule has 1 aromatic rings. The Balaban J connectivity index is 0.000000330. The molecule has 0 aliphatic carbocycles. The predicted molar refractivity (Wildman–Crippen MR) is 51.0 cm³/mol. The van der Waals surface area contributed by atoms with Gasteiger partial charge in [0.1, 0.15) is 5.75 Å². The zero-order chi connectivity index (χ0) is 11.3. The molecule has 0 atom stereocenters. The molecule has 1 aliphatic rings. The maximum absolute atomic E-state index is 8.74. The molecule has 0 radical (unpaired) electrons. The number of rotatable bonds is 0. The predicted octanol–water partition coefficient (Wildman–Crippen LogP) is -2.03.